The van der Waals surface area contributed by atoms with Gasteiger partial charge in [-0.2, -0.15) is 0 Å². The Kier molecular flexibility index (Phi) is 7.23. The maximum absolute atomic E-state index is 12.1. The highest BCUT2D eigenvalue weighted by atomic mass is 35.5. The number of nitrogens with one attached hydrogen (secondary N) is 2. The fourth-order valence-corrected chi connectivity index (χ4v) is 5.22. The number of ether oxygens (including phenoxy) is 1. The summed E-state index contributed by atoms with van der Waals surface area (Å²) in [5, 5.41) is 7.65. The third-order valence-electron chi connectivity index (χ3n) is 6.31. The molecule has 9 heteroatoms. The highest BCUT2D eigenvalue weighted by Crippen LogP contribution is 2.43. The minimum Gasteiger partial charge on any atom is -0.375 e. The van der Waals surface area contributed by atoms with Crippen LogP contribution in [0.25, 0.3) is 5.69 Å². The van der Waals surface area contributed by atoms with Crippen LogP contribution in [0.4, 0.5) is 11.4 Å². The van der Waals surface area contributed by atoms with E-state index in [0.29, 0.717) is 10.1 Å². The fourth-order valence-electron chi connectivity index (χ4n) is 4.68. The number of thiocarbonyl (C=S) groups is 1. The number of methoxy groups -OCH3 is 1. The van der Waals surface area contributed by atoms with E-state index in [4.69, 9.17) is 28.6 Å². The van der Waals surface area contributed by atoms with E-state index in [1.165, 1.54) is 7.11 Å². The molecule has 0 spiro atoms. The highest BCUT2D eigenvalue weighted by molar-refractivity contribution is 7.80. The summed E-state index contributed by atoms with van der Waals surface area (Å²) in [5.74, 6) is -0.204. The molecule has 0 saturated carbocycles. The third-order valence-corrected chi connectivity index (χ3v) is 6.86. The lowest BCUT2D eigenvalue weighted by molar-refractivity contribution is -0.119. The van der Waals surface area contributed by atoms with Gasteiger partial charge in [0.1, 0.15) is 12.6 Å². The first-order valence-electron chi connectivity index (χ1n) is 11.8. The zero-order valence-electron chi connectivity index (χ0n) is 20.4. The van der Waals surface area contributed by atoms with Crippen molar-refractivity contribution in [1.29, 1.82) is 0 Å². The zero-order valence-corrected chi connectivity index (χ0v) is 22.0. The lowest BCUT2D eigenvalue weighted by atomic mass is 10.00. The first kappa shape index (κ1) is 25.0. The number of anilines is 2. The minimum absolute atomic E-state index is 0.00432. The lowest BCUT2D eigenvalue weighted by Crippen LogP contribution is -2.30. The Morgan fingerprint density at radius 1 is 1.11 bits per heavy atom. The number of aryl methyl sites for hydroxylation is 1. The zero-order chi connectivity index (χ0) is 25.9. The summed E-state index contributed by atoms with van der Waals surface area (Å²) in [5.41, 5.74) is 5.41. The number of nitrogens with zero attached hydrogens (tertiary/aromatic N) is 3. The second-order valence-corrected chi connectivity index (χ2v) is 9.58. The molecule has 0 aliphatic carbocycles. The molecule has 4 aromatic rings. The van der Waals surface area contributed by atoms with Crippen molar-refractivity contribution in [2.75, 3.05) is 23.9 Å². The molecule has 0 radical (unpaired) electrons. The Balaban J connectivity index is 1.59. The molecular weight excluding hydrogens is 506 g/mol. The van der Waals surface area contributed by atoms with E-state index in [1.807, 2.05) is 79.9 Å². The minimum atomic E-state index is -0.204. The van der Waals surface area contributed by atoms with Gasteiger partial charge in [0, 0.05) is 47.3 Å². The van der Waals surface area contributed by atoms with Crippen molar-refractivity contribution in [3.8, 4) is 5.69 Å². The molecule has 37 heavy (non-hydrogen) atoms. The Bertz CT molecular complexity index is 1440. The predicted octanol–water partition coefficient (Wildman–Crippen LogP) is 5.60. The standard InChI is InChI=1S/C28H26ClN5O2S/c1-18-15-21(11-12-22(18)31-25(35)17-36-2)34-27(26(32-28(34)37)23-9-3-4-13-30-23)24-10-6-14-33(24)20-8-5-7-19(29)16-20/h3-16,26-27H,17H2,1-2H3,(H,31,35)(H,32,37)/t26-,27-/m1/s1. The van der Waals surface area contributed by atoms with Gasteiger partial charge in [0.05, 0.1) is 11.7 Å². The normalized spacial score (nSPS) is 17.1. The van der Waals surface area contributed by atoms with Crippen LogP contribution >= 0.6 is 23.8 Å². The van der Waals surface area contributed by atoms with E-state index in [2.05, 4.69) is 31.2 Å². The van der Waals surface area contributed by atoms with Crippen molar-refractivity contribution in [2.24, 2.45) is 0 Å². The van der Waals surface area contributed by atoms with Crippen LogP contribution in [0, 0.1) is 6.92 Å². The molecule has 1 aliphatic heterocycles. The summed E-state index contributed by atoms with van der Waals surface area (Å²) < 4.78 is 7.06. The first-order valence-corrected chi connectivity index (χ1v) is 12.6. The molecule has 5 rings (SSSR count). The van der Waals surface area contributed by atoms with Crippen molar-refractivity contribution in [1.82, 2.24) is 14.9 Å². The van der Waals surface area contributed by atoms with Gasteiger partial charge in [-0.3, -0.25) is 9.78 Å². The molecular formula is C28H26ClN5O2S. The number of halogens is 1. The Labute approximate surface area is 226 Å². The number of rotatable bonds is 7. The van der Waals surface area contributed by atoms with E-state index in [0.717, 1.165) is 34.0 Å². The number of carbonyl (C=O) groups is 1. The van der Waals surface area contributed by atoms with Crippen LogP contribution in [0.3, 0.4) is 0 Å². The maximum Gasteiger partial charge on any atom is 0.250 e. The number of carbonyl (C=O) groups excluding carboxylic acids is 1. The van der Waals surface area contributed by atoms with Crippen molar-refractivity contribution < 1.29 is 9.53 Å². The molecule has 188 valence electrons. The van der Waals surface area contributed by atoms with Crippen molar-refractivity contribution in [3.05, 3.63) is 107 Å². The van der Waals surface area contributed by atoms with Gasteiger partial charge >= 0.3 is 0 Å². The average molecular weight is 532 g/mol. The maximum atomic E-state index is 12.1. The van der Waals surface area contributed by atoms with Gasteiger partial charge in [0.15, 0.2) is 5.11 Å². The van der Waals surface area contributed by atoms with Crippen LogP contribution < -0.4 is 15.5 Å². The molecule has 2 aromatic heterocycles. The van der Waals surface area contributed by atoms with Gasteiger partial charge in [-0.1, -0.05) is 23.7 Å². The van der Waals surface area contributed by atoms with Crippen LogP contribution in [0.1, 0.15) is 29.0 Å². The third kappa shape index (κ3) is 5.09. The van der Waals surface area contributed by atoms with Crippen molar-refractivity contribution in [2.45, 2.75) is 19.0 Å². The SMILES string of the molecule is COCC(=O)Nc1ccc(N2C(=S)N[C@H](c3ccccn3)[C@H]2c2cccn2-c2cccc(Cl)c2)cc1C. The van der Waals surface area contributed by atoms with Gasteiger partial charge in [0.25, 0.3) is 0 Å². The number of hydrogen-bond acceptors (Lipinski definition) is 4. The smallest absolute Gasteiger partial charge is 0.250 e. The molecule has 2 aromatic carbocycles. The molecule has 1 fully saturated rings. The molecule has 1 amide bonds. The van der Waals surface area contributed by atoms with E-state index in [-0.39, 0.29) is 24.6 Å². The number of amides is 1. The van der Waals surface area contributed by atoms with Crippen LogP contribution in [0.5, 0.6) is 0 Å². The van der Waals surface area contributed by atoms with Crippen LogP contribution in [0.2, 0.25) is 5.02 Å². The van der Waals surface area contributed by atoms with Crippen LogP contribution in [0.15, 0.2) is 85.2 Å². The molecule has 1 aliphatic rings. The number of benzene rings is 2. The van der Waals surface area contributed by atoms with E-state index in [9.17, 15) is 4.79 Å². The second kappa shape index (κ2) is 10.7. The van der Waals surface area contributed by atoms with Crippen molar-refractivity contribution >= 4 is 46.2 Å². The molecule has 7 nitrogen and oxygen atoms in total. The molecule has 3 heterocycles. The largest absolute Gasteiger partial charge is 0.375 e. The molecule has 2 N–H and O–H groups in total. The first-order chi connectivity index (χ1) is 18.0. The Hall–Kier alpha value is -3.72. The van der Waals surface area contributed by atoms with E-state index in [1.54, 1.807) is 6.20 Å². The monoisotopic (exact) mass is 531 g/mol. The predicted molar refractivity (Wildman–Crippen MR) is 150 cm³/mol. The molecule has 1 saturated heterocycles. The van der Waals surface area contributed by atoms with Gasteiger partial charge in [-0.05, 0) is 85.4 Å². The summed E-state index contributed by atoms with van der Waals surface area (Å²) in [6.45, 7) is 1.95. The number of hydrogen-bond donors (Lipinski definition) is 2. The Morgan fingerprint density at radius 2 is 1.97 bits per heavy atom. The number of aromatic nitrogens is 2. The second-order valence-electron chi connectivity index (χ2n) is 8.76. The van der Waals surface area contributed by atoms with Crippen molar-refractivity contribution in [3.63, 3.8) is 0 Å². The number of pyridine rings is 1. The van der Waals surface area contributed by atoms with E-state index < -0.39 is 0 Å². The Morgan fingerprint density at radius 3 is 2.70 bits per heavy atom. The molecule has 0 bridgehead atoms. The van der Waals surface area contributed by atoms with Gasteiger partial charge in [0.2, 0.25) is 5.91 Å². The molecule has 0 unspecified atom stereocenters. The lowest BCUT2D eigenvalue weighted by Gasteiger charge is -2.29. The van der Waals surface area contributed by atoms with Gasteiger partial charge in [-0.15, -0.1) is 0 Å². The highest BCUT2D eigenvalue weighted by Gasteiger charge is 2.42. The summed E-state index contributed by atoms with van der Waals surface area (Å²) in [6.07, 6.45) is 3.81. The fraction of sp³-hybridized carbons (Fsp3) is 0.179. The summed E-state index contributed by atoms with van der Waals surface area (Å²) in [4.78, 5) is 18.8. The average Bonchev–Trinajstić information content (AvgIpc) is 3.50. The van der Waals surface area contributed by atoms with Crippen LogP contribution in [-0.2, 0) is 9.53 Å². The summed E-state index contributed by atoms with van der Waals surface area (Å²) in [7, 11) is 1.49. The quantitative estimate of drug-likeness (QED) is 0.303. The summed E-state index contributed by atoms with van der Waals surface area (Å²) >= 11 is 12.2. The van der Waals surface area contributed by atoms with Gasteiger partial charge < -0.3 is 24.8 Å². The topological polar surface area (TPSA) is 71.4 Å². The molecule has 2 atom stereocenters. The summed E-state index contributed by atoms with van der Waals surface area (Å²) in [6, 6.07) is 23.2. The van der Waals surface area contributed by atoms with E-state index >= 15 is 0 Å². The van der Waals surface area contributed by atoms with Crippen LogP contribution in [-0.4, -0.2) is 34.3 Å². The van der Waals surface area contributed by atoms with Gasteiger partial charge in [-0.25, -0.2) is 0 Å².